The van der Waals surface area contributed by atoms with Crippen LogP contribution in [0.15, 0.2) is 6.20 Å². The molecular formula is C15H22N4O4. The average Bonchev–Trinajstić information content (AvgIpc) is 2.89. The van der Waals surface area contributed by atoms with Crippen molar-refractivity contribution in [2.75, 3.05) is 25.0 Å². The van der Waals surface area contributed by atoms with Gasteiger partial charge in [0.25, 0.3) is 0 Å². The molecule has 0 aliphatic carbocycles. The third-order valence-corrected chi connectivity index (χ3v) is 4.18. The van der Waals surface area contributed by atoms with Gasteiger partial charge in [-0.05, 0) is 27.2 Å². The summed E-state index contributed by atoms with van der Waals surface area (Å²) in [6.45, 7) is 7.41. The van der Waals surface area contributed by atoms with Crippen LogP contribution in [0, 0.1) is 5.92 Å². The van der Waals surface area contributed by atoms with E-state index in [1.54, 1.807) is 11.1 Å². The molecule has 2 N–H and O–H groups in total. The molecule has 1 amide bonds. The number of hydrogen-bond acceptors (Lipinski definition) is 5. The normalized spacial score (nSPS) is 23.5. The van der Waals surface area contributed by atoms with Gasteiger partial charge in [0.15, 0.2) is 5.69 Å². The number of nitrogens with one attached hydrogen (secondary N) is 1. The van der Waals surface area contributed by atoms with E-state index in [1.165, 1.54) is 0 Å². The van der Waals surface area contributed by atoms with E-state index in [9.17, 15) is 9.59 Å². The lowest BCUT2D eigenvalue weighted by atomic mass is 9.90. The van der Waals surface area contributed by atoms with Gasteiger partial charge in [-0.2, -0.15) is 0 Å². The molecule has 0 aromatic carbocycles. The number of hydrogen-bond donors (Lipinski definition) is 2. The quantitative estimate of drug-likeness (QED) is 0.818. The van der Waals surface area contributed by atoms with Gasteiger partial charge in [0.05, 0.1) is 0 Å². The molecule has 1 aromatic heterocycles. The molecule has 1 aromatic rings. The molecule has 2 unspecified atom stereocenters. The number of rotatable bonds is 1. The number of aromatic nitrogens is 2. The standard InChI is InChI=1S/C15H22N4O4/c1-15(2,3)23-14(22)18-5-4-11-9(7-18)6-16-13-17-10(12(20)21)8-19(11)13/h8-9,11H,4-7H2,1-3H3,(H,16,17)(H,20,21). The van der Waals surface area contributed by atoms with Crippen LogP contribution in [0.3, 0.4) is 0 Å². The van der Waals surface area contributed by atoms with Crippen LogP contribution in [-0.4, -0.2) is 56.9 Å². The van der Waals surface area contributed by atoms with Crippen molar-refractivity contribution in [2.45, 2.75) is 38.8 Å². The summed E-state index contributed by atoms with van der Waals surface area (Å²) < 4.78 is 7.32. The molecule has 1 saturated heterocycles. The molecule has 0 saturated carbocycles. The van der Waals surface area contributed by atoms with Gasteiger partial charge in [-0.1, -0.05) is 0 Å². The van der Waals surface area contributed by atoms with Crippen LogP contribution in [0.2, 0.25) is 0 Å². The van der Waals surface area contributed by atoms with Crippen LogP contribution in [-0.2, 0) is 4.74 Å². The van der Waals surface area contributed by atoms with Gasteiger partial charge in [0.2, 0.25) is 5.95 Å². The number of piperidine rings is 1. The summed E-state index contributed by atoms with van der Waals surface area (Å²) in [4.78, 5) is 29.1. The van der Waals surface area contributed by atoms with Crippen molar-refractivity contribution in [3.63, 3.8) is 0 Å². The molecule has 0 bridgehead atoms. The highest BCUT2D eigenvalue weighted by Gasteiger charge is 2.38. The maximum Gasteiger partial charge on any atom is 0.410 e. The first-order valence-electron chi connectivity index (χ1n) is 7.78. The summed E-state index contributed by atoms with van der Waals surface area (Å²) in [6, 6.07) is 0.158. The fraction of sp³-hybridized carbons (Fsp3) is 0.667. The number of likely N-dealkylation sites (tertiary alicyclic amines) is 1. The van der Waals surface area contributed by atoms with Crippen molar-refractivity contribution in [3.05, 3.63) is 11.9 Å². The Morgan fingerprint density at radius 2 is 2.17 bits per heavy atom. The van der Waals surface area contributed by atoms with Gasteiger partial charge in [0, 0.05) is 37.8 Å². The van der Waals surface area contributed by atoms with Crippen molar-refractivity contribution in [3.8, 4) is 0 Å². The van der Waals surface area contributed by atoms with E-state index in [4.69, 9.17) is 9.84 Å². The fourth-order valence-corrected chi connectivity index (χ4v) is 3.18. The Labute approximate surface area is 134 Å². The second-order valence-corrected chi connectivity index (χ2v) is 7.09. The number of aromatic carboxylic acids is 1. The Morgan fingerprint density at radius 1 is 1.43 bits per heavy atom. The van der Waals surface area contributed by atoms with Crippen molar-refractivity contribution >= 4 is 18.0 Å². The summed E-state index contributed by atoms with van der Waals surface area (Å²) in [7, 11) is 0. The molecule has 23 heavy (non-hydrogen) atoms. The topological polar surface area (TPSA) is 96.7 Å². The van der Waals surface area contributed by atoms with E-state index in [0.29, 0.717) is 25.6 Å². The number of amides is 1. The molecule has 0 radical (unpaired) electrons. The zero-order valence-electron chi connectivity index (χ0n) is 13.6. The predicted octanol–water partition coefficient (Wildman–Crippen LogP) is 1.80. The molecule has 2 atom stereocenters. The maximum absolute atomic E-state index is 12.2. The van der Waals surface area contributed by atoms with Crippen LogP contribution in [0.5, 0.6) is 0 Å². The van der Waals surface area contributed by atoms with Crippen molar-refractivity contribution in [1.82, 2.24) is 14.5 Å². The molecule has 2 aliphatic rings. The van der Waals surface area contributed by atoms with E-state index in [1.807, 2.05) is 25.3 Å². The average molecular weight is 322 g/mol. The molecular weight excluding hydrogens is 300 g/mol. The molecule has 3 heterocycles. The number of carboxylic acids is 1. The Kier molecular flexibility index (Phi) is 3.69. The van der Waals surface area contributed by atoms with Crippen LogP contribution in [0.25, 0.3) is 0 Å². The summed E-state index contributed by atoms with van der Waals surface area (Å²) >= 11 is 0. The van der Waals surface area contributed by atoms with Crippen LogP contribution < -0.4 is 5.32 Å². The predicted molar refractivity (Wildman–Crippen MR) is 82.6 cm³/mol. The van der Waals surface area contributed by atoms with E-state index < -0.39 is 11.6 Å². The molecule has 1 fully saturated rings. The van der Waals surface area contributed by atoms with E-state index in [0.717, 1.165) is 6.42 Å². The van der Waals surface area contributed by atoms with E-state index >= 15 is 0 Å². The second-order valence-electron chi connectivity index (χ2n) is 7.09. The Morgan fingerprint density at radius 3 is 2.83 bits per heavy atom. The number of nitrogens with zero attached hydrogens (tertiary/aromatic N) is 3. The lowest BCUT2D eigenvalue weighted by molar-refractivity contribution is 0.0115. The number of carboxylic acid groups (broad SMARTS) is 1. The Hall–Kier alpha value is -2.25. The largest absolute Gasteiger partial charge is 0.476 e. The van der Waals surface area contributed by atoms with Crippen LogP contribution >= 0.6 is 0 Å². The highest BCUT2D eigenvalue weighted by atomic mass is 16.6. The lowest BCUT2D eigenvalue weighted by Gasteiger charge is -2.42. The zero-order valence-corrected chi connectivity index (χ0v) is 13.6. The summed E-state index contributed by atoms with van der Waals surface area (Å²) in [5, 5.41) is 12.2. The third-order valence-electron chi connectivity index (χ3n) is 4.18. The second kappa shape index (κ2) is 5.43. The number of carbonyl (C=O) groups excluding carboxylic acids is 1. The first-order valence-corrected chi connectivity index (χ1v) is 7.78. The molecule has 2 aliphatic heterocycles. The molecule has 3 rings (SSSR count). The minimum Gasteiger partial charge on any atom is -0.476 e. The van der Waals surface area contributed by atoms with Gasteiger partial charge < -0.3 is 24.6 Å². The molecule has 0 spiro atoms. The maximum atomic E-state index is 12.2. The van der Waals surface area contributed by atoms with Gasteiger partial charge in [-0.15, -0.1) is 0 Å². The number of fused-ring (bicyclic) bond motifs is 3. The monoisotopic (exact) mass is 322 g/mol. The van der Waals surface area contributed by atoms with E-state index in [2.05, 4.69) is 10.3 Å². The minimum absolute atomic E-state index is 0.0442. The molecule has 126 valence electrons. The van der Waals surface area contributed by atoms with Gasteiger partial charge in [-0.25, -0.2) is 14.6 Å². The number of carbonyl (C=O) groups is 2. The van der Waals surface area contributed by atoms with Gasteiger partial charge in [0.1, 0.15) is 5.60 Å². The van der Waals surface area contributed by atoms with Crippen molar-refractivity contribution in [1.29, 1.82) is 0 Å². The van der Waals surface area contributed by atoms with Crippen molar-refractivity contribution < 1.29 is 19.4 Å². The number of imidazole rings is 1. The highest BCUT2D eigenvalue weighted by molar-refractivity contribution is 5.85. The third kappa shape index (κ3) is 3.11. The first-order chi connectivity index (χ1) is 10.7. The fourth-order valence-electron chi connectivity index (χ4n) is 3.18. The van der Waals surface area contributed by atoms with Crippen LogP contribution in [0.1, 0.15) is 43.7 Å². The van der Waals surface area contributed by atoms with Crippen LogP contribution in [0.4, 0.5) is 10.7 Å². The SMILES string of the molecule is CC(C)(C)OC(=O)N1CCC2C(CNc3nc(C(=O)O)cn32)C1. The minimum atomic E-state index is -1.03. The summed E-state index contributed by atoms with van der Waals surface area (Å²) in [5.74, 6) is -0.231. The lowest BCUT2D eigenvalue weighted by Crippen LogP contribution is -2.49. The Bertz CT molecular complexity index is 634. The molecule has 8 heteroatoms. The number of ether oxygens (including phenoxy) is 1. The molecule has 8 nitrogen and oxygen atoms in total. The summed E-state index contributed by atoms with van der Waals surface area (Å²) in [5.41, 5.74) is -0.463. The first kappa shape index (κ1) is 15.6. The number of anilines is 1. The zero-order chi connectivity index (χ0) is 16.8. The van der Waals surface area contributed by atoms with Gasteiger partial charge >= 0.3 is 12.1 Å². The van der Waals surface area contributed by atoms with E-state index in [-0.39, 0.29) is 23.7 Å². The van der Waals surface area contributed by atoms with Gasteiger partial charge in [-0.3, -0.25) is 0 Å². The smallest absolute Gasteiger partial charge is 0.410 e. The van der Waals surface area contributed by atoms with Crippen molar-refractivity contribution in [2.24, 2.45) is 5.92 Å². The summed E-state index contributed by atoms with van der Waals surface area (Å²) in [6.07, 6.45) is 2.04. The highest BCUT2D eigenvalue weighted by Crippen LogP contribution is 2.35. The Balaban J connectivity index is 1.72.